The molecule has 0 spiro atoms. The van der Waals surface area contributed by atoms with Crippen LogP contribution < -0.4 is 5.32 Å². The number of carbonyl (C=O) groups is 2. The lowest BCUT2D eigenvalue weighted by Gasteiger charge is -2.03. The van der Waals surface area contributed by atoms with Crippen LogP contribution in [-0.4, -0.2) is 31.8 Å². The van der Waals surface area contributed by atoms with Gasteiger partial charge in [-0.3, -0.25) is 9.59 Å². The van der Waals surface area contributed by atoms with Gasteiger partial charge in [0.2, 0.25) is 0 Å². The molecule has 6 heteroatoms. The van der Waals surface area contributed by atoms with Crippen LogP contribution in [0, 0.1) is 0 Å². The van der Waals surface area contributed by atoms with Gasteiger partial charge >= 0.3 is 5.97 Å². The van der Waals surface area contributed by atoms with Crippen LogP contribution in [-0.2, 0) is 15.3 Å². The van der Waals surface area contributed by atoms with Crippen LogP contribution in [0.1, 0.15) is 42.0 Å². The van der Waals surface area contributed by atoms with Crippen molar-refractivity contribution in [1.29, 1.82) is 0 Å². The average molecular weight is 299 g/mol. The Bertz CT molecular complexity index is 431. The lowest BCUT2D eigenvalue weighted by Crippen LogP contribution is -2.23. The van der Waals surface area contributed by atoms with E-state index >= 15 is 0 Å². The van der Waals surface area contributed by atoms with Gasteiger partial charge in [0, 0.05) is 13.0 Å². The molecule has 1 rings (SSSR count). The Morgan fingerprint density at radius 1 is 1.30 bits per heavy atom. The predicted octanol–water partition coefficient (Wildman–Crippen LogP) is 2.61. The third-order valence-corrected chi connectivity index (χ3v) is 3.32. The minimum Gasteiger partial charge on any atom is -0.469 e. The van der Waals surface area contributed by atoms with Crippen LogP contribution in [0.5, 0.6) is 0 Å². The fourth-order valence-corrected chi connectivity index (χ4v) is 2.12. The first-order chi connectivity index (χ1) is 9.67. The summed E-state index contributed by atoms with van der Waals surface area (Å²) in [6.45, 7) is 0.582. The van der Waals surface area contributed by atoms with Crippen molar-refractivity contribution in [1.82, 2.24) is 5.32 Å². The second-order valence-corrected chi connectivity index (χ2v) is 5.21. The fraction of sp³-hybridized carbons (Fsp3) is 0.571. The van der Waals surface area contributed by atoms with E-state index in [2.05, 4.69) is 10.1 Å². The fourth-order valence-electron chi connectivity index (χ4n) is 1.68. The molecular formula is C14H21NO4S. The zero-order valence-corrected chi connectivity index (χ0v) is 12.8. The average Bonchev–Trinajstić information content (AvgIpc) is 2.91. The van der Waals surface area contributed by atoms with Crippen molar-refractivity contribution >= 4 is 23.6 Å². The molecule has 0 aromatic carbocycles. The lowest BCUT2D eigenvalue weighted by atomic mass is 10.2. The minimum absolute atomic E-state index is 0.189. The van der Waals surface area contributed by atoms with E-state index in [1.807, 2.05) is 12.3 Å². The molecule has 1 aromatic rings. The number of amides is 1. The molecule has 0 fully saturated rings. The highest BCUT2D eigenvalue weighted by molar-refractivity contribution is 7.97. The first-order valence-electron chi connectivity index (χ1n) is 6.60. The van der Waals surface area contributed by atoms with Crippen LogP contribution in [0.3, 0.4) is 0 Å². The van der Waals surface area contributed by atoms with Gasteiger partial charge in [0.15, 0.2) is 5.76 Å². The number of ether oxygens (including phenoxy) is 1. The van der Waals surface area contributed by atoms with Gasteiger partial charge in [-0.2, -0.15) is 11.8 Å². The number of hydrogen-bond acceptors (Lipinski definition) is 5. The molecule has 1 N–H and O–H groups in total. The van der Waals surface area contributed by atoms with Crippen molar-refractivity contribution < 1.29 is 18.7 Å². The van der Waals surface area contributed by atoms with Gasteiger partial charge in [0.25, 0.3) is 5.91 Å². The van der Waals surface area contributed by atoms with E-state index in [1.54, 1.807) is 17.8 Å². The van der Waals surface area contributed by atoms with Gasteiger partial charge < -0.3 is 14.5 Å². The number of methoxy groups -OCH3 is 1. The molecule has 112 valence electrons. The Morgan fingerprint density at radius 2 is 2.10 bits per heavy atom. The normalized spacial score (nSPS) is 10.3. The molecule has 1 heterocycles. The van der Waals surface area contributed by atoms with Crippen molar-refractivity contribution in [2.45, 2.75) is 31.4 Å². The third-order valence-electron chi connectivity index (χ3n) is 2.74. The lowest BCUT2D eigenvalue weighted by molar-refractivity contribution is -0.140. The highest BCUT2D eigenvalue weighted by Crippen LogP contribution is 2.13. The summed E-state index contributed by atoms with van der Waals surface area (Å²) in [4.78, 5) is 22.7. The molecule has 0 bridgehead atoms. The molecule has 5 nitrogen and oxygen atoms in total. The Kier molecular flexibility index (Phi) is 7.87. The zero-order valence-electron chi connectivity index (χ0n) is 11.9. The molecular weight excluding hydrogens is 278 g/mol. The quantitative estimate of drug-likeness (QED) is 0.561. The summed E-state index contributed by atoms with van der Waals surface area (Å²) < 4.78 is 9.97. The largest absolute Gasteiger partial charge is 0.469 e. The van der Waals surface area contributed by atoms with Crippen molar-refractivity contribution in [3.8, 4) is 0 Å². The number of unbranched alkanes of at least 4 members (excludes halogenated alkanes) is 2. The van der Waals surface area contributed by atoms with E-state index < -0.39 is 0 Å². The molecule has 0 aliphatic carbocycles. The smallest absolute Gasteiger partial charge is 0.305 e. The summed E-state index contributed by atoms with van der Waals surface area (Å²) in [5, 5.41) is 2.80. The van der Waals surface area contributed by atoms with E-state index in [1.165, 1.54) is 7.11 Å². The number of nitrogens with one attached hydrogen (secondary N) is 1. The van der Waals surface area contributed by atoms with Crippen LogP contribution >= 0.6 is 11.8 Å². The van der Waals surface area contributed by atoms with E-state index in [9.17, 15) is 9.59 Å². The summed E-state index contributed by atoms with van der Waals surface area (Å²) >= 11 is 1.65. The maximum absolute atomic E-state index is 11.8. The van der Waals surface area contributed by atoms with E-state index in [0.29, 0.717) is 18.7 Å². The van der Waals surface area contributed by atoms with Crippen molar-refractivity contribution in [3.05, 3.63) is 23.7 Å². The van der Waals surface area contributed by atoms with Crippen LogP contribution in [0.2, 0.25) is 0 Å². The van der Waals surface area contributed by atoms with Gasteiger partial charge in [-0.25, -0.2) is 0 Å². The van der Waals surface area contributed by atoms with Crippen molar-refractivity contribution in [3.63, 3.8) is 0 Å². The minimum atomic E-state index is -0.190. The van der Waals surface area contributed by atoms with Gasteiger partial charge in [0.1, 0.15) is 5.76 Å². The summed E-state index contributed by atoms with van der Waals surface area (Å²) in [5.74, 6) is 1.54. The van der Waals surface area contributed by atoms with Crippen LogP contribution in [0.15, 0.2) is 16.5 Å². The van der Waals surface area contributed by atoms with E-state index in [-0.39, 0.29) is 11.9 Å². The Balaban J connectivity index is 2.14. The number of esters is 1. The molecule has 1 amide bonds. The number of rotatable bonds is 9. The summed E-state index contributed by atoms with van der Waals surface area (Å²) in [6.07, 6.45) is 4.91. The van der Waals surface area contributed by atoms with E-state index in [0.717, 1.165) is 30.8 Å². The molecule has 20 heavy (non-hydrogen) atoms. The molecule has 0 atom stereocenters. The summed E-state index contributed by atoms with van der Waals surface area (Å²) in [7, 11) is 1.39. The third kappa shape index (κ3) is 6.14. The highest BCUT2D eigenvalue weighted by atomic mass is 32.2. The molecule has 0 saturated carbocycles. The van der Waals surface area contributed by atoms with Crippen LogP contribution in [0.25, 0.3) is 0 Å². The molecule has 0 unspecified atom stereocenters. The van der Waals surface area contributed by atoms with Gasteiger partial charge in [-0.15, -0.1) is 0 Å². The maximum atomic E-state index is 11.8. The second-order valence-electron chi connectivity index (χ2n) is 4.34. The Labute approximate surface area is 123 Å². The number of furan rings is 1. The maximum Gasteiger partial charge on any atom is 0.305 e. The topological polar surface area (TPSA) is 68.5 Å². The van der Waals surface area contributed by atoms with Crippen molar-refractivity contribution in [2.75, 3.05) is 19.9 Å². The SMILES string of the molecule is COC(=O)CCCCCNC(=O)c1ccc(CSC)o1. The Morgan fingerprint density at radius 3 is 2.80 bits per heavy atom. The molecule has 1 aromatic heterocycles. The first-order valence-corrected chi connectivity index (χ1v) is 7.99. The van der Waals surface area contributed by atoms with E-state index in [4.69, 9.17) is 4.42 Å². The number of hydrogen-bond donors (Lipinski definition) is 1. The standard InChI is InChI=1S/C14H21NO4S/c1-18-13(16)6-4-3-5-9-15-14(17)12-8-7-11(19-12)10-20-2/h7-8H,3-6,9-10H2,1-2H3,(H,15,17). The molecule has 0 aliphatic heterocycles. The summed E-state index contributed by atoms with van der Waals surface area (Å²) in [6, 6.07) is 3.51. The zero-order chi connectivity index (χ0) is 14.8. The molecule has 0 saturated heterocycles. The summed E-state index contributed by atoms with van der Waals surface area (Å²) in [5.41, 5.74) is 0. The van der Waals surface area contributed by atoms with Crippen molar-refractivity contribution in [2.24, 2.45) is 0 Å². The molecule has 0 aliphatic rings. The highest BCUT2D eigenvalue weighted by Gasteiger charge is 2.10. The number of thioether (sulfide) groups is 1. The first kappa shape index (κ1) is 16.6. The van der Waals surface area contributed by atoms with Gasteiger partial charge in [-0.1, -0.05) is 6.42 Å². The molecule has 0 radical (unpaired) electrons. The van der Waals surface area contributed by atoms with Gasteiger partial charge in [-0.05, 0) is 31.2 Å². The Hall–Kier alpha value is -1.43. The van der Waals surface area contributed by atoms with Crippen LogP contribution in [0.4, 0.5) is 0 Å². The second kappa shape index (κ2) is 9.47. The monoisotopic (exact) mass is 299 g/mol. The number of carbonyl (C=O) groups excluding carboxylic acids is 2. The predicted molar refractivity (Wildman–Crippen MR) is 78.7 cm³/mol. The van der Waals surface area contributed by atoms with Gasteiger partial charge in [0.05, 0.1) is 12.9 Å².